The van der Waals surface area contributed by atoms with E-state index in [1.54, 1.807) is 23.4 Å². The van der Waals surface area contributed by atoms with Gasteiger partial charge in [0, 0.05) is 37.1 Å². The third-order valence-electron chi connectivity index (χ3n) is 6.75. The van der Waals surface area contributed by atoms with Crippen molar-refractivity contribution in [2.75, 3.05) is 18.1 Å². The zero-order chi connectivity index (χ0) is 21.0. The second kappa shape index (κ2) is 6.55. The first kappa shape index (κ1) is 19.1. The molecule has 3 aromatic rings. The molecule has 5 rings (SSSR count). The van der Waals surface area contributed by atoms with Crippen molar-refractivity contribution in [1.82, 2.24) is 24.8 Å². The van der Waals surface area contributed by atoms with E-state index in [0.29, 0.717) is 25.2 Å². The van der Waals surface area contributed by atoms with Crippen LogP contribution in [0.1, 0.15) is 38.2 Å². The van der Waals surface area contributed by atoms with Gasteiger partial charge in [-0.3, -0.25) is 5.01 Å². The average molecular weight is 418 g/mol. The summed E-state index contributed by atoms with van der Waals surface area (Å²) in [6, 6.07) is 2.30. The maximum Gasteiger partial charge on any atom is 0.421 e. The van der Waals surface area contributed by atoms with Gasteiger partial charge < -0.3 is 4.74 Å². The quantitative estimate of drug-likeness (QED) is 0.648. The largest absolute Gasteiger partial charge is 0.470 e. The molecule has 0 aromatic carbocycles. The molecular weight excluding hydrogens is 397 g/mol. The molecule has 2 aliphatic rings. The number of hydrogen-bond acceptors (Lipinski definition) is 6. The van der Waals surface area contributed by atoms with E-state index in [1.165, 1.54) is 12.3 Å². The monoisotopic (exact) mass is 418 g/mol. The van der Waals surface area contributed by atoms with Crippen molar-refractivity contribution in [3.8, 4) is 5.88 Å². The lowest BCUT2D eigenvalue weighted by molar-refractivity contribution is -0.162. The summed E-state index contributed by atoms with van der Waals surface area (Å²) >= 11 is 0. The van der Waals surface area contributed by atoms with Gasteiger partial charge in [-0.05, 0) is 44.7 Å². The number of pyridine rings is 1. The van der Waals surface area contributed by atoms with Gasteiger partial charge in [0.2, 0.25) is 5.88 Å². The van der Waals surface area contributed by atoms with E-state index in [1.807, 2.05) is 6.92 Å². The Kier molecular flexibility index (Phi) is 4.16. The van der Waals surface area contributed by atoms with Crippen molar-refractivity contribution in [2.45, 2.75) is 44.4 Å². The van der Waals surface area contributed by atoms with E-state index in [9.17, 15) is 13.2 Å². The Labute approximate surface area is 170 Å². The second-order valence-electron chi connectivity index (χ2n) is 8.22. The van der Waals surface area contributed by atoms with Crippen LogP contribution in [-0.2, 0) is 6.18 Å². The third kappa shape index (κ3) is 2.88. The molecule has 1 aliphatic heterocycles. The summed E-state index contributed by atoms with van der Waals surface area (Å²) in [5.41, 5.74) is -0.265. The van der Waals surface area contributed by atoms with Crippen LogP contribution in [0.4, 0.5) is 13.2 Å². The minimum absolute atomic E-state index is 0.182. The SMILES string of the molecule is CC1(Oc2ncccc2C(F)(F)F)CCC12CCN(n1ncc3nccnc31)CC2. The van der Waals surface area contributed by atoms with Gasteiger partial charge in [-0.2, -0.15) is 23.1 Å². The Balaban J connectivity index is 1.35. The topological polar surface area (TPSA) is 69.0 Å². The predicted molar refractivity (Wildman–Crippen MR) is 102 cm³/mol. The van der Waals surface area contributed by atoms with Crippen molar-refractivity contribution in [3.63, 3.8) is 0 Å². The molecule has 1 atom stereocenters. The molecule has 10 heteroatoms. The van der Waals surface area contributed by atoms with Gasteiger partial charge in [0.05, 0.1) is 6.20 Å². The lowest BCUT2D eigenvalue weighted by Crippen LogP contribution is -2.63. The zero-order valence-corrected chi connectivity index (χ0v) is 16.4. The highest BCUT2D eigenvalue weighted by atomic mass is 19.4. The number of ether oxygens (including phenoxy) is 1. The third-order valence-corrected chi connectivity index (χ3v) is 6.75. The molecule has 3 aromatic heterocycles. The highest BCUT2D eigenvalue weighted by Crippen LogP contribution is 2.58. The molecule has 2 fully saturated rings. The molecule has 0 bridgehead atoms. The molecule has 0 N–H and O–H groups in total. The molecular formula is C20H21F3N6O. The fraction of sp³-hybridized carbons (Fsp3) is 0.500. The van der Waals surface area contributed by atoms with Crippen LogP contribution in [0.5, 0.6) is 5.88 Å². The van der Waals surface area contributed by atoms with Gasteiger partial charge in [-0.1, -0.05) is 0 Å². The standard InChI is InChI=1S/C20H21F3N6O/c1-18(30-17-14(20(21,22)23)3-2-8-26-17)4-5-19(18)6-11-28(12-7-19)29-16-15(13-27-29)24-9-10-25-16/h2-3,8-10,13H,4-7,11-12H2,1H3. The van der Waals surface area contributed by atoms with E-state index < -0.39 is 17.3 Å². The molecule has 7 nitrogen and oxygen atoms in total. The number of alkyl halides is 3. The predicted octanol–water partition coefficient (Wildman–Crippen LogP) is 3.59. The number of rotatable bonds is 3. The summed E-state index contributed by atoms with van der Waals surface area (Å²) in [7, 11) is 0. The van der Waals surface area contributed by atoms with Gasteiger partial charge in [-0.25, -0.2) is 15.0 Å². The zero-order valence-electron chi connectivity index (χ0n) is 16.4. The van der Waals surface area contributed by atoms with E-state index in [4.69, 9.17) is 4.74 Å². The van der Waals surface area contributed by atoms with Gasteiger partial charge >= 0.3 is 6.18 Å². The van der Waals surface area contributed by atoms with Gasteiger partial charge in [-0.15, -0.1) is 0 Å². The van der Waals surface area contributed by atoms with Gasteiger partial charge in [0.1, 0.15) is 16.7 Å². The van der Waals surface area contributed by atoms with Crippen LogP contribution < -0.4 is 9.75 Å². The van der Waals surface area contributed by atoms with Crippen LogP contribution in [0, 0.1) is 5.41 Å². The minimum Gasteiger partial charge on any atom is -0.470 e. The molecule has 1 spiro atoms. The number of halogens is 3. The highest BCUT2D eigenvalue weighted by molar-refractivity contribution is 5.68. The van der Waals surface area contributed by atoms with Crippen LogP contribution in [0.3, 0.4) is 0 Å². The molecule has 0 amide bonds. The average Bonchev–Trinajstić information content (AvgIpc) is 3.17. The van der Waals surface area contributed by atoms with Crippen LogP contribution in [0.2, 0.25) is 0 Å². The molecule has 0 radical (unpaired) electrons. The van der Waals surface area contributed by atoms with Crippen LogP contribution in [0.25, 0.3) is 11.2 Å². The molecule has 1 saturated carbocycles. The van der Waals surface area contributed by atoms with Crippen molar-refractivity contribution in [2.24, 2.45) is 5.41 Å². The van der Waals surface area contributed by atoms with Crippen molar-refractivity contribution in [3.05, 3.63) is 42.5 Å². The molecule has 1 unspecified atom stereocenters. The molecule has 30 heavy (non-hydrogen) atoms. The number of hydrogen-bond donors (Lipinski definition) is 0. The Morgan fingerprint density at radius 2 is 1.77 bits per heavy atom. The van der Waals surface area contributed by atoms with Crippen LogP contribution >= 0.6 is 0 Å². The van der Waals surface area contributed by atoms with Crippen molar-refractivity contribution in [1.29, 1.82) is 0 Å². The van der Waals surface area contributed by atoms with Gasteiger partial charge in [0.15, 0.2) is 5.65 Å². The molecule has 4 heterocycles. The maximum absolute atomic E-state index is 13.4. The second-order valence-corrected chi connectivity index (χ2v) is 8.22. The van der Waals surface area contributed by atoms with Gasteiger partial charge in [0.25, 0.3) is 0 Å². The summed E-state index contributed by atoms with van der Waals surface area (Å²) in [4.78, 5) is 14.3. The summed E-state index contributed by atoms with van der Waals surface area (Å²) < 4.78 is 46.1. The number of nitrogens with zero attached hydrogens (tertiary/aromatic N) is 6. The number of aromatic nitrogens is 5. The summed E-state index contributed by atoms with van der Waals surface area (Å²) in [5.74, 6) is -0.331. The Morgan fingerprint density at radius 3 is 2.47 bits per heavy atom. The van der Waals surface area contributed by atoms with Crippen LogP contribution in [-0.4, -0.2) is 43.5 Å². The van der Waals surface area contributed by atoms with Crippen molar-refractivity contribution < 1.29 is 17.9 Å². The Bertz CT molecular complexity index is 1080. The first-order valence-electron chi connectivity index (χ1n) is 9.93. The Hall–Kier alpha value is -2.91. The summed E-state index contributed by atoms with van der Waals surface area (Å²) in [6.07, 6.45) is 5.00. The molecule has 1 saturated heterocycles. The number of fused-ring (bicyclic) bond motifs is 1. The van der Waals surface area contributed by atoms with Crippen molar-refractivity contribution >= 4 is 11.2 Å². The first-order chi connectivity index (χ1) is 14.3. The van der Waals surface area contributed by atoms with E-state index >= 15 is 0 Å². The fourth-order valence-electron chi connectivity index (χ4n) is 4.74. The van der Waals surface area contributed by atoms with E-state index in [2.05, 4.69) is 25.1 Å². The Morgan fingerprint density at radius 1 is 1.00 bits per heavy atom. The van der Waals surface area contributed by atoms with E-state index in [-0.39, 0.29) is 11.3 Å². The summed E-state index contributed by atoms with van der Waals surface area (Å²) in [5, 5.41) is 6.50. The minimum atomic E-state index is -4.50. The lowest BCUT2D eigenvalue weighted by atomic mass is 9.53. The smallest absolute Gasteiger partial charge is 0.421 e. The molecule has 158 valence electrons. The fourth-order valence-corrected chi connectivity index (χ4v) is 4.74. The maximum atomic E-state index is 13.4. The summed E-state index contributed by atoms with van der Waals surface area (Å²) in [6.45, 7) is 3.33. The number of piperidine rings is 1. The molecule has 1 aliphatic carbocycles. The lowest BCUT2D eigenvalue weighted by Gasteiger charge is -2.60. The van der Waals surface area contributed by atoms with Crippen LogP contribution in [0.15, 0.2) is 36.9 Å². The first-order valence-corrected chi connectivity index (χ1v) is 9.93. The van der Waals surface area contributed by atoms with E-state index in [0.717, 1.165) is 30.8 Å². The highest BCUT2D eigenvalue weighted by Gasteiger charge is 2.59. The normalized spacial score (nSPS) is 23.5.